The van der Waals surface area contributed by atoms with Crippen molar-refractivity contribution in [2.45, 2.75) is 44.1 Å². The molecule has 2 nitrogen and oxygen atoms in total. The Kier molecular flexibility index (Phi) is 4.49. The zero-order valence-electron chi connectivity index (χ0n) is 13.2. The van der Waals surface area contributed by atoms with Crippen LogP contribution in [0.15, 0.2) is 48.5 Å². The molecule has 0 radical (unpaired) electrons. The topological polar surface area (TPSA) is 29.5 Å². The second-order valence-corrected chi connectivity index (χ2v) is 6.32. The van der Waals surface area contributed by atoms with Gasteiger partial charge in [0.05, 0.1) is 12.7 Å². The minimum atomic E-state index is -0.617. The van der Waals surface area contributed by atoms with Gasteiger partial charge in [0.2, 0.25) is 0 Å². The maximum atomic E-state index is 10.9. The Bertz CT molecular complexity index is 610. The van der Waals surface area contributed by atoms with E-state index in [0.717, 1.165) is 43.4 Å². The number of ether oxygens (including phenoxy) is 1. The summed E-state index contributed by atoms with van der Waals surface area (Å²) < 4.78 is 5.20. The van der Waals surface area contributed by atoms with E-state index in [2.05, 4.69) is 36.4 Å². The van der Waals surface area contributed by atoms with Gasteiger partial charge in [-0.15, -0.1) is 0 Å². The third-order valence-electron chi connectivity index (χ3n) is 4.71. The van der Waals surface area contributed by atoms with E-state index in [1.165, 1.54) is 17.5 Å². The molecule has 1 aliphatic carbocycles. The average Bonchev–Trinajstić information content (AvgIpc) is 2.57. The van der Waals surface area contributed by atoms with Crippen molar-refractivity contribution in [2.75, 3.05) is 7.11 Å². The molecule has 1 saturated carbocycles. The molecule has 0 amide bonds. The number of hydrogen-bond donors (Lipinski definition) is 1. The number of benzene rings is 2. The molecule has 2 aromatic carbocycles. The van der Waals surface area contributed by atoms with Crippen LogP contribution in [0.2, 0.25) is 0 Å². The van der Waals surface area contributed by atoms with Crippen molar-refractivity contribution in [2.24, 2.45) is 0 Å². The zero-order valence-corrected chi connectivity index (χ0v) is 13.2. The maximum absolute atomic E-state index is 10.9. The fourth-order valence-electron chi connectivity index (χ4n) is 3.38. The van der Waals surface area contributed by atoms with Gasteiger partial charge in [-0.1, -0.05) is 55.7 Å². The molecule has 1 aliphatic rings. The molecular formula is C20H24O2. The van der Waals surface area contributed by atoms with Crippen LogP contribution in [0.25, 0.3) is 0 Å². The summed E-state index contributed by atoms with van der Waals surface area (Å²) in [5.41, 5.74) is 2.97. The van der Waals surface area contributed by atoms with Gasteiger partial charge in [-0.25, -0.2) is 0 Å². The molecule has 0 atom stereocenters. The first-order valence-electron chi connectivity index (χ1n) is 8.14. The second-order valence-electron chi connectivity index (χ2n) is 6.32. The predicted octanol–water partition coefficient (Wildman–Crippen LogP) is 4.44. The predicted molar refractivity (Wildman–Crippen MR) is 89.2 cm³/mol. The molecule has 0 aromatic heterocycles. The third kappa shape index (κ3) is 3.33. The number of aliphatic hydroxyl groups is 1. The molecule has 0 aliphatic heterocycles. The van der Waals surface area contributed by atoms with Gasteiger partial charge in [0.15, 0.2) is 0 Å². The SMILES string of the molecule is COc1ccc(Cc2cccc(C3(O)CCCCC3)c2)cc1. The monoisotopic (exact) mass is 296 g/mol. The van der Waals surface area contributed by atoms with Crippen molar-refractivity contribution < 1.29 is 9.84 Å². The van der Waals surface area contributed by atoms with Crippen molar-refractivity contribution in [1.29, 1.82) is 0 Å². The molecule has 1 N–H and O–H groups in total. The Hall–Kier alpha value is -1.80. The fourth-order valence-corrected chi connectivity index (χ4v) is 3.38. The van der Waals surface area contributed by atoms with Crippen LogP contribution in [-0.2, 0) is 12.0 Å². The van der Waals surface area contributed by atoms with E-state index < -0.39 is 5.60 Å². The van der Waals surface area contributed by atoms with Crippen molar-refractivity contribution in [1.82, 2.24) is 0 Å². The van der Waals surface area contributed by atoms with Crippen LogP contribution in [0.3, 0.4) is 0 Å². The second kappa shape index (κ2) is 6.53. The zero-order chi connectivity index (χ0) is 15.4. The van der Waals surface area contributed by atoms with E-state index >= 15 is 0 Å². The molecule has 0 unspecified atom stereocenters. The summed E-state index contributed by atoms with van der Waals surface area (Å²) in [7, 11) is 1.68. The molecule has 116 valence electrons. The summed E-state index contributed by atoms with van der Waals surface area (Å²) >= 11 is 0. The summed E-state index contributed by atoms with van der Waals surface area (Å²) in [5.74, 6) is 0.883. The van der Waals surface area contributed by atoms with Gasteiger partial charge in [0, 0.05) is 0 Å². The fraction of sp³-hybridized carbons (Fsp3) is 0.400. The number of hydrogen-bond acceptors (Lipinski definition) is 2. The van der Waals surface area contributed by atoms with Gasteiger partial charge < -0.3 is 9.84 Å². The van der Waals surface area contributed by atoms with Gasteiger partial charge in [0.25, 0.3) is 0 Å². The maximum Gasteiger partial charge on any atom is 0.118 e. The van der Waals surface area contributed by atoms with Crippen LogP contribution < -0.4 is 4.74 Å². The largest absolute Gasteiger partial charge is 0.497 e. The van der Waals surface area contributed by atoms with Gasteiger partial charge in [0.1, 0.15) is 5.75 Å². The lowest BCUT2D eigenvalue weighted by Crippen LogP contribution is -2.28. The molecule has 1 fully saturated rings. The normalized spacial score (nSPS) is 17.2. The minimum absolute atomic E-state index is 0.617. The summed E-state index contributed by atoms with van der Waals surface area (Å²) in [6.45, 7) is 0. The van der Waals surface area contributed by atoms with Crippen LogP contribution in [0, 0.1) is 0 Å². The Morgan fingerprint density at radius 3 is 2.36 bits per heavy atom. The highest BCUT2D eigenvalue weighted by Crippen LogP contribution is 2.37. The first-order chi connectivity index (χ1) is 10.7. The third-order valence-corrected chi connectivity index (χ3v) is 4.71. The van der Waals surface area contributed by atoms with Crippen LogP contribution in [-0.4, -0.2) is 12.2 Å². The van der Waals surface area contributed by atoms with Gasteiger partial charge in [-0.05, 0) is 48.1 Å². The van der Waals surface area contributed by atoms with E-state index in [1.54, 1.807) is 7.11 Å². The number of rotatable bonds is 4. The van der Waals surface area contributed by atoms with E-state index in [-0.39, 0.29) is 0 Å². The quantitative estimate of drug-likeness (QED) is 0.904. The lowest BCUT2D eigenvalue weighted by Gasteiger charge is -2.32. The first kappa shape index (κ1) is 15.1. The first-order valence-corrected chi connectivity index (χ1v) is 8.14. The van der Waals surface area contributed by atoms with Crippen molar-refractivity contribution in [3.8, 4) is 5.75 Å². The molecule has 22 heavy (non-hydrogen) atoms. The van der Waals surface area contributed by atoms with E-state index in [1.807, 2.05) is 12.1 Å². The van der Waals surface area contributed by atoms with Crippen molar-refractivity contribution in [3.05, 3.63) is 65.2 Å². The van der Waals surface area contributed by atoms with Gasteiger partial charge in [-0.2, -0.15) is 0 Å². The molecule has 3 rings (SSSR count). The Morgan fingerprint density at radius 1 is 0.955 bits per heavy atom. The minimum Gasteiger partial charge on any atom is -0.497 e. The summed E-state index contributed by atoms with van der Waals surface area (Å²) in [6.07, 6.45) is 6.15. The lowest BCUT2D eigenvalue weighted by molar-refractivity contribution is -0.000683. The van der Waals surface area contributed by atoms with Crippen LogP contribution in [0.5, 0.6) is 5.75 Å². The Morgan fingerprint density at radius 2 is 1.68 bits per heavy atom. The van der Waals surface area contributed by atoms with Crippen molar-refractivity contribution >= 4 is 0 Å². The van der Waals surface area contributed by atoms with E-state index in [9.17, 15) is 5.11 Å². The molecule has 2 heteroatoms. The van der Waals surface area contributed by atoms with Gasteiger partial charge in [-0.3, -0.25) is 0 Å². The summed E-state index contributed by atoms with van der Waals surface area (Å²) in [6, 6.07) is 16.6. The molecule has 0 heterocycles. The number of methoxy groups -OCH3 is 1. The molecule has 0 saturated heterocycles. The summed E-state index contributed by atoms with van der Waals surface area (Å²) in [4.78, 5) is 0. The highest BCUT2D eigenvalue weighted by Gasteiger charge is 2.30. The lowest BCUT2D eigenvalue weighted by atomic mass is 9.79. The average molecular weight is 296 g/mol. The molecule has 2 aromatic rings. The van der Waals surface area contributed by atoms with E-state index in [4.69, 9.17) is 4.74 Å². The Balaban J connectivity index is 1.78. The molecule has 0 spiro atoms. The Labute approximate surface area is 132 Å². The van der Waals surface area contributed by atoms with Crippen LogP contribution in [0.1, 0.15) is 48.8 Å². The highest BCUT2D eigenvalue weighted by molar-refractivity contribution is 5.34. The van der Waals surface area contributed by atoms with E-state index in [0.29, 0.717) is 0 Å². The smallest absolute Gasteiger partial charge is 0.118 e. The van der Waals surface area contributed by atoms with Gasteiger partial charge >= 0.3 is 0 Å². The molecule has 0 bridgehead atoms. The standard InChI is InChI=1S/C20H24O2/c1-22-19-10-8-16(9-11-19)14-17-6-5-7-18(15-17)20(21)12-3-2-4-13-20/h5-11,15,21H,2-4,12-14H2,1H3. The van der Waals surface area contributed by atoms with Crippen molar-refractivity contribution in [3.63, 3.8) is 0 Å². The van der Waals surface area contributed by atoms with Crippen LogP contribution in [0.4, 0.5) is 0 Å². The summed E-state index contributed by atoms with van der Waals surface area (Å²) in [5, 5.41) is 10.9. The molecular weight excluding hydrogens is 272 g/mol. The highest BCUT2D eigenvalue weighted by atomic mass is 16.5. The van der Waals surface area contributed by atoms with Crippen LogP contribution >= 0.6 is 0 Å².